The van der Waals surface area contributed by atoms with Crippen LogP contribution in [0.3, 0.4) is 0 Å². The van der Waals surface area contributed by atoms with E-state index in [1.807, 2.05) is 26.8 Å². The Morgan fingerprint density at radius 1 is 1.39 bits per heavy atom. The van der Waals surface area contributed by atoms with Crippen LogP contribution in [-0.2, 0) is 16.0 Å². The zero-order chi connectivity index (χ0) is 13.8. The Kier molecular flexibility index (Phi) is 4.33. The molecule has 18 heavy (non-hydrogen) atoms. The van der Waals surface area contributed by atoms with E-state index in [-0.39, 0.29) is 12.4 Å². The zero-order valence-electron chi connectivity index (χ0n) is 11.1. The maximum atomic E-state index is 11.7. The van der Waals surface area contributed by atoms with Crippen molar-refractivity contribution >= 4 is 5.97 Å². The van der Waals surface area contributed by atoms with Gasteiger partial charge in [0.15, 0.2) is 0 Å². The van der Waals surface area contributed by atoms with E-state index in [9.17, 15) is 4.79 Å². The highest BCUT2D eigenvalue weighted by molar-refractivity contribution is 5.74. The van der Waals surface area contributed by atoms with Crippen molar-refractivity contribution in [3.8, 4) is 11.8 Å². The van der Waals surface area contributed by atoms with Crippen LogP contribution in [0.2, 0.25) is 0 Å². The van der Waals surface area contributed by atoms with Gasteiger partial charge in [-0.25, -0.2) is 0 Å². The Bertz CT molecular complexity index is 481. The van der Waals surface area contributed by atoms with Crippen LogP contribution in [0.5, 0.6) is 5.75 Å². The number of ether oxygens (including phenoxy) is 2. The Balaban J connectivity index is 2.85. The van der Waals surface area contributed by atoms with E-state index in [1.165, 1.54) is 7.11 Å². The Hall–Kier alpha value is -2.02. The highest BCUT2D eigenvalue weighted by Gasteiger charge is 2.18. The minimum Gasteiger partial charge on any atom is -0.496 e. The SMILES string of the molecule is COc1cc(C#N)ccc1CC(=O)OC(C)(C)C. The molecule has 1 rings (SSSR count). The number of esters is 1. The largest absolute Gasteiger partial charge is 0.496 e. The number of benzene rings is 1. The lowest BCUT2D eigenvalue weighted by atomic mass is 10.1. The number of carbonyl (C=O) groups is 1. The van der Waals surface area contributed by atoms with Crippen molar-refractivity contribution in [1.29, 1.82) is 5.26 Å². The summed E-state index contributed by atoms with van der Waals surface area (Å²) in [6, 6.07) is 7.00. The molecule has 0 aliphatic rings. The van der Waals surface area contributed by atoms with Crippen LogP contribution >= 0.6 is 0 Å². The number of carbonyl (C=O) groups excluding carboxylic acids is 1. The van der Waals surface area contributed by atoms with E-state index in [0.717, 1.165) is 0 Å². The Morgan fingerprint density at radius 3 is 2.56 bits per heavy atom. The number of hydrogen-bond acceptors (Lipinski definition) is 4. The summed E-state index contributed by atoms with van der Waals surface area (Å²) >= 11 is 0. The molecule has 0 amide bonds. The molecule has 0 radical (unpaired) electrons. The van der Waals surface area contributed by atoms with Gasteiger partial charge in [-0.1, -0.05) is 6.07 Å². The summed E-state index contributed by atoms with van der Waals surface area (Å²) in [5, 5.41) is 8.79. The molecule has 0 fully saturated rings. The molecule has 0 unspecified atom stereocenters. The molecule has 0 saturated heterocycles. The quantitative estimate of drug-likeness (QED) is 0.770. The second-order valence-electron chi connectivity index (χ2n) is 4.90. The minimum absolute atomic E-state index is 0.131. The van der Waals surface area contributed by atoms with E-state index in [2.05, 4.69) is 0 Å². The highest BCUT2D eigenvalue weighted by atomic mass is 16.6. The van der Waals surface area contributed by atoms with Crippen molar-refractivity contribution < 1.29 is 14.3 Å². The fraction of sp³-hybridized carbons (Fsp3) is 0.429. The van der Waals surface area contributed by atoms with E-state index < -0.39 is 5.60 Å². The highest BCUT2D eigenvalue weighted by Crippen LogP contribution is 2.21. The molecule has 0 N–H and O–H groups in total. The van der Waals surface area contributed by atoms with Gasteiger partial charge in [0, 0.05) is 5.56 Å². The summed E-state index contributed by atoms with van der Waals surface area (Å²) in [5.41, 5.74) is 0.710. The van der Waals surface area contributed by atoms with Crippen LogP contribution in [0.4, 0.5) is 0 Å². The third kappa shape index (κ3) is 4.10. The van der Waals surface area contributed by atoms with Crippen LogP contribution in [0.25, 0.3) is 0 Å². The van der Waals surface area contributed by atoms with Crippen molar-refractivity contribution in [2.75, 3.05) is 7.11 Å². The number of methoxy groups -OCH3 is 1. The van der Waals surface area contributed by atoms with Gasteiger partial charge in [0.2, 0.25) is 0 Å². The topological polar surface area (TPSA) is 59.3 Å². The van der Waals surface area contributed by atoms with Crippen molar-refractivity contribution in [3.05, 3.63) is 29.3 Å². The lowest BCUT2D eigenvalue weighted by Gasteiger charge is -2.19. The summed E-state index contributed by atoms with van der Waals surface area (Å²) in [4.78, 5) is 11.7. The molecule has 1 aromatic carbocycles. The monoisotopic (exact) mass is 247 g/mol. The molecule has 1 aromatic rings. The maximum Gasteiger partial charge on any atom is 0.310 e. The van der Waals surface area contributed by atoms with E-state index in [0.29, 0.717) is 16.9 Å². The average molecular weight is 247 g/mol. The van der Waals surface area contributed by atoms with E-state index >= 15 is 0 Å². The van der Waals surface area contributed by atoms with Crippen LogP contribution < -0.4 is 4.74 Å². The van der Waals surface area contributed by atoms with Crippen molar-refractivity contribution in [2.45, 2.75) is 32.8 Å². The standard InChI is InChI=1S/C14H17NO3/c1-14(2,3)18-13(16)8-11-6-5-10(9-15)7-12(11)17-4/h5-7H,8H2,1-4H3. The van der Waals surface area contributed by atoms with E-state index in [4.69, 9.17) is 14.7 Å². The molecule has 96 valence electrons. The average Bonchev–Trinajstić information content (AvgIpc) is 2.27. The summed E-state index contributed by atoms with van der Waals surface area (Å²) < 4.78 is 10.4. The summed E-state index contributed by atoms with van der Waals surface area (Å²) in [6.07, 6.45) is 0.131. The predicted molar refractivity (Wildman–Crippen MR) is 67.3 cm³/mol. The molecule has 0 heterocycles. The van der Waals surface area contributed by atoms with Crippen LogP contribution in [0.15, 0.2) is 18.2 Å². The smallest absolute Gasteiger partial charge is 0.310 e. The fourth-order valence-electron chi connectivity index (χ4n) is 1.49. The Labute approximate surface area is 107 Å². The van der Waals surface area contributed by atoms with E-state index in [1.54, 1.807) is 18.2 Å². The first kappa shape index (κ1) is 14.0. The second-order valence-corrected chi connectivity index (χ2v) is 4.90. The summed E-state index contributed by atoms with van der Waals surface area (Å²) in [7, 11) is 1.51. The normalized spacial score (nSPS) is 10.6. The van der Waals surface area contributed by atoms with Crippen molar-refractivity contribution in [1.82, 2.24) is 0 Å². The summed E-state index contributed by atoms with van der Waals surface area (Å²) in [6.45, 7) is 5.46. The van der Waals surface area contributed by atoms with Crippen molar-refractivity contribution in [3.63, 3.8) is 0 Å². The first-order valence-electron chi connectivity index (χ1n) is 5.64. The number of nitrogens with zero attached hydrogens (tertiary/aromatic N) is 1. The molecule has 0 aliphatic carbocycles. The lowest BCUT2D eigenvalue weighted by molar-refractivity contribution is -0.153. The van der Waals surface area contributed by atoms with Crippen LogP contribution in [0, 0.1) is 11.3 Å². The zero-order valence-corrected chi connectivity index (χ0v) is 11.1. The first-order valence-corrected chi connectivity index (χ1v) is 5.64. The molecule has 0 saturated carbocycles. The molecular weight excluding hydrogens is 230 g/mol. The number of hydrogen-bond donors (Lipinski definition) is 0. The van der Waals surface area contributed by atoms with Gasteiger partial charge in [0.05, 0.1) is 25.2 Å². The molecule has 0 spiro atoms. The third-order valence-corrected chi connectivity index (χ3v) is 2.17. The van der Waals surface area contributed by atoms with Crippen LogP contribution in [-0.4, -0.2) is 18.7 Å². The van der Waals surface area contributed by atoms with Gasteiger partial charge >= 0.3 is 5.97 Å². The number of nitriles is 1. The molecular formula is C14H17NO3. The second kappa shape index (κ2) is 5.54. The fourth-order valence-corrected chi connectivity index (χ4v) is 1.49. The predicted octanol–water partition coefficient (Wildman–Crippen LogP) is 2.45. The molecule has 4 heteroatoms. The van der Waals surface area contributed by atoms with Gasteiger partial charge < -0.3 is 9.47 Å². The Morgan fingerprint density at radius 2 is 2.06 bits per heavy atom. The first-order chi connectivity index (χ1) is 8.35. The van der Waals surface area contributed by atoms with Gasteiger partial charge in [-0.05, 0) is 32.9 Å². The van der Waals surface area contributed by atoms with Gasteiger partial charge in [-0.2, -0.15) is 5.26 Å². The van der Waals surface area contributed by atoms with Gasteiger partial charge in [0.1, 0.15) is 11.4 Å². The van der Waals surface area contributed by atoms with Crippen LogP contribution in [0.1, 0.15) is 31.9 Å². The third-order valence-electron chi connectivity index (χ3n) is 2.17. The molecule has 0 atom stereocenters. The van der Waals surface area contributed by atoms with Gasteiger partial charge in [0.25, 0.3) is 0 Å². The van der Waals surface area contributed by atoms with Gasteiger partial charge in [-0.3, -0.25) is 4.79 Å². The van der Waals surface area contributed by atoms with Crippen molar-refractivity contribution in [2.24, 2.45) is 0 Å². The molecule has 0 aliphatic heterocycles. The maximum absolute atomic E-state index is 11.7. The number of rotatable bonds is 3. The lowest BCUT2D eigenvalue weighted by Crippen LogP contribution is -2.25. The minimum atomic E-state index is -0.503. The molecule has 4 nitrogen and oxygen atoms in total. The summed E-state index contributed by atoms with van der Waals surface area (Å²) in [5.74, 6) is 0.213. The molecule has 0 bridgehead atoms. The van der Waals surface area contributed by atoms with Gasteiger partial charge in [-0.15, -0.1) is 0 Å². The molecule has 0 aromatic heterocycles.